The monoisotopic (exact) mass is 185 g/mol. The highest BCUT2D eigenvalue weighted by molar-refractivity contribution is 5.93. The first-order valence-corrected chi connectivity index (χ1v) is 3.76. The number of anilines is 1. The predicted molar refractivity (Wildman–Crippen MR) is 45.8 cm³/mol. The van der Waals surface area contributed by atoms with E-state index in [1.807, 2.05) is 0 Å². The van der Waals surface area contributed by atoms with E-state index in [-0.39, 0.29) is 0 Å². The predicted octanol–water partition coefficient (Wildman–Crippen LogP) is 2.20. The Morgan fingerprint density at radius 1 is 1.38 bits per heavy atom. The van der Waals surface area contributed by atoms with Crippen LogP contribution in [-0.4, -0.2) is 12.3 Å². The highest BCUT2D eigenvalue weighted by Gasteiger charge is 2.15. The van der Waals surface area contributed by atoms with Crippen molar-refractivity contribution in [1.29, 1.82) is 0 Å². The molecule has 1 amide bonds. The van der Waals surface area contributed by atoms with Gasteiger partial charge in [-0.05, 0) is 18.6 Å². The van der Waals surface area contributed by atoms with Gasteiger partial charge < -0.3 is 5.32 Å². The summed E-state index contributed by atoms with van der Waals surface area (Å²) in [4.78, 5) is 10.6. The molecule has 1 aromatic carbocycles. The van der Waals surface area contributed by atoms with Crippen molar-refractivity contribution in [1.82, 2.24) is 0 Å². The molecule has 4 heteroatoms. The van der Waals surface area contributed by atoms with Gasteiger partial charge in [-0.2, -0.15) is 8.78 Å². The molecule has 70 valence electrons. The number of para-hydroxylation sites is 1. The van der Waals surface area contributed by atoms with Crippen LogP contribution in [-0.2, 0) is 4.79 Å². The van der Waals surface area contributed by atoms with Gasteiger partial charge in [-0.3, -0.25) is 4.79 Å². The molecule has 1 rings (SSSR count). The molecule has 0 bridgehead atoms. The number of carbonyl (C=O) groups excluding carboxylic acids is 1. The number of nitrogens with one attached hydrogen (secondary N) is 1. The van der Waals surface area contributed by atoms with Crippen molar-refractivity contribution in [3.8, 4) is 0 Å². The lowest BCUT2D eigenvalue weighted by molar-refractivity contribution is -0.126. The molecular weight excluding hydrogens is 176 g/mol. The molecule has 0 heterocycles. The first-order valence-electron chi connectivity index (χ1n) is 3.76. The summed E-state index contributed by atoms with van der Waals surface area (Å²) in [7, 11) is 0. The van der Waals surface area contributed by atoms with Gasteiger partial charge in [0.25, 0.3) is 5.91 Å². The van der Waals surface area contributed by atoms with Crippen LogP contribution in [0.15, 0.2) is 24.3 Å². The van der Waals surface area contributed by atoms with E-state index >= 15 is 0 Å². The van der Waals surface area contributed by atoms with Crippen LogP contribution < -0.4 is 5.32 Å². The zero-order valence-corrected chi connectivity index (χ0v) is 7.05. The van der Waals surface area contributed by atoms with Crippen molar-refractivity contribution in [2.75, 3.05) is 5.32 Å². The summed E-state index contributed by atoms with van der Waals surface area (Å²) in [6.45, 7) is 1.74. The van der Waals surface area contributed by atoms with E-state index in [9.17, 15) is 13.6 Å². The molecule has 0 aliphatic carbocycles. The highest BCUT2D eigenvalue weighted by Crippen LogP contribution is 2.13. The van der Waals surface area contributed by atoms with Crippen molar-refractivity contribution in [3.63, 3.8) is 0 Å². The number of hydrogen-bond acceptors (Lipinski definition) is 1. The van der Waals surface area contributed by atoms with E-state index in [0.29, 0.717) is 5.69 Å². The van der Waals surface area contributed by atoms with E-state index in [1.165, 1.54) is 0 Å². The van der Waals surface area contributed by atoms with E-state index in [4.69, 9.17) is 0 Å². The topological polar surface area (TPSA) is 29.1 Å². The van der Waals surface area contributed by atoms with Gasteiger partial charge in [0.05, 0.1) is 0 Å². The van der Waals surface area contributed by atoms with Gasteiger partial charge in [-0.15, -0.1) is 0 Å². The van der Waals surface area contributed by atoms with E-state index in [0.717, 1.165) is 5.56 Å². The first kappa shape index (κ1) is 9.64. The summed E-state index contributed by atoms with van der Waals surface area (Å²) in [5.74, 6) is -1.27. The number of halogens is 2. The number of rotatable bonds is 2. The van der Waals surface area contributed by atoms with Crippen molar-refractivity contribution in [2.45, 2.75) is 13.3 Å². The van der Waals surface area contributed by atoms with Crippen LogP contribution in [0.3, 0.4) is 0 Å². The summed E-state index contributed by atoms with van der Waals surface area (Å²) in [5.41, 5.74) is 1.18. The van der Waals surface area contributed by atoms with Crippen molar-refractivity contribution in [2.24, 2.45) is 0 Å². The van der Waals surface area contributed by atoms with Gasteiger partial charge in [-0.1, -0.05) is 18.2 Å². The van der Waals surface area contributed by atoms with Crippen LogP contribution in [0.25, 0.3) is 0 Å². The number of aryl methyl sites for hydroxylation is 1. The summed E-state index contributed by atoms with van der Waals surface area (Å²) < 4.78 is 23.7. The van der Waals surface area contributed by atoms with Gasteiger partial charge >= 0.3 is 6.43 Å². The third-order valence-corrected chi connectivity index (χ3v) is 1.60. The molecule has 0 fully saturated rings. The van der Waals surface area contributed by atoms with Crippen molar-refractivity contribution < 1.29 is 13.6 Å². The Morgan fingerprint density at radius 3 is 2.54 bits per heavy atom. The minimum absolute atomic E-state index is 0.424. The van der Waals surface area contributed by atoms with Crippen LogP contribution in [0.1, 0.15) is 5.56 Å². The van der Waals surface area contributed by atoms with Crippen LogP contribution in [0.2, 0.25) is 0 Å². The minimum atomic E-state index is -2.97. The molecule has 0 radical (unpaired) electrons. The Morgan fingerprint density at radius 2 is 2.00 bits per heavy atom. The van der Waals surface area contributed by atoms with E-state index in [1.54, 1.807) is 31.2 Å². The number of hydrogen-bond donors (Lipinski definition) is 1. The maximum absolute atomic E-state index is 11.8. The summed E-state index contributed by atoms with van der Waals surface area (Å²) in [6, 6.07) is 6.76. The number of carbonyl (C=O) groups is 1. The molecule has 13 heavy (non-hydrogen) atoms. The third-order valence-electron chi connectivity index (χ3n) is 1.60. The molecule has 0 aliphatic rings. The lowest BCUT2D eigenvalue weighted by Crippen LogP contribution is -2.20. The second kappa shape index (κ2) is 3.98. The molecule has 0 unspecified atom stereocenters. The lowest BCUT2D eigenvalue weighted by Gasteiger charge is -2.06. The van der Waals surface area contributed by atoms with Gasteiger partial charge in [-0.25, -0.2) is 0 Å². The summed E-state index contributed by atoms with van der Waals surface area (Å²) in [5, 5.41) is 2.12. The fourth-order valence-corrected chi connectivity index (χ4v) is 0.900. The molecule has 1 N–H and O–H groups in total. The van der Waals surface area contributed by atoms with Crippen LogP contribution in [0.4, 0.5) is 14.5 Å². The van der Waals surface area contributed by atoms with Crippen molar-refractivity contribution >= 4 is 11.6 Å². The summed E-state index contributed by atoms with van der Waals surface area (Å²) >= 11 is 0. The molecule has 0 spiro atoms. The lowest BCUT2D eigenvalue weighted by atomic mass is 10.2. The van der Waals surface area contributed by atoms with Crippen LogP contribution in [0.5, 0.6) is 0 Å². The first-order chi connectivity index (χ1) is 6.11. The Labute approximate surface area is 74.6 Å². The smallest absolute Gasteiger partial charge is 0.315 e. The molecule has 0 aliphatic heterocycles. The highest BCUT2D eigenvalue weighted by atomic mass is 19.3. The molecule has 0 atom stereocenters. The van der Waals surface area contributed by atoms with Crippen LogP contribution >= 0.6 is 0 Å². The van der Waals surface area contributed by atoms with Crippen LogP contribution in [0, 0.1) is 6.92 Å². The zero-order chi connectivity index (χ0) is 9.84. The van der Waals surface area contributed by atoms with Crippen molar-refractivity contribution in [3.05, 3.63) is 29.8 Å². The Balaban J connectivity index is 2.75. The molecule has 0 aromatic heterocycles. The second-order valence-corrected chi connectivity index (χ2v) is 2.60. The maximum Gasteiger partial charge on any atom is 0.315 e. The minimum Gasteiger partial charge on any atom is -0.321 e. The molecule has 0 saturated carbocycles. The SMILES string of the molecule is Cc1ccccc1NC(=O)C(F)F. The fraction of sp³-hybridized carbons (Fsp3) is 0.222. The normalized spacial score (nSPS) is 10.2. The number of amides is 1. The molecule has 0 saturated heterocycles. The standard InChI is InChI=1S/C9H9F2NO/c1-6-4-2-3-5-7(6)12-9(13)8(10)11/h2-5,8H,1H3,(H,12,13). The van der Waals surface area contributed by atoms with E-state index in [2.05, 4.69) is 5.32 Å². The number of benzene rings is 1. The zero-order valence-electron chi connectivity index (χ0n) is 7.05. The van der Waals surface area contributed by atoms with Gasteiger partial charge in [0.15, 0.2) is 0 Å². The van der Waals surface area contributed by atoms with Gasteiger partial charge in [0.2, 0.25) is 0 Å². The Bertz CT molecular complexity index is 312. The largest absolute Gasteiger partial charge is 0.321 e. The summed E-state index contributed by atoms with van der Waals surface area (Å²) in [6.07, 6.45) is -2.97. The third kappa shape index (κ3) is 2.50. The van der Waals surface area contributed by atoms with E-state index < -0.39 is 12.3 Å². The Kier molecular flexibility index (Phi) is 2.95. The number of alkyl halides is 2. The fourth-order valence-electron chi connectivity index (χ4n) is 0.900. The molecule has 1 aromatic rings. The van der Waals surface area contributed by atoms with Gasteiger partial charge in [0.1, 0.15) is 0 Å². The average Bonchev–Trinajstić information content (AvgIpc) is 2.08. The average molecular weight is 185 g/mol. The molecule has 2 nitrogen and oxygen atoms in total. The molecular formula is C9H9F2NO. The Hall–Kier alpha value is -1.45. The maximum atomic E-state index is 11.8. The van der Waals surface area contributed by atoms with Gasteiger partial charge in [0, 0.05) is 5.69 Å². The quantitative estimate of drug-likeness (QED) is 0.751. The second-order valence-electron chi connectivity index (χ2n) is 2.60.